The molecule has 19 heavy (non-hydrogen) atoms. The van der Waals surface area contributed by atoms with Gasteiger partial charge in [-0.15, -0.1) is 6.58 Å². The molecule has 0 fully saturated rings. The predicted molar refractivity (Wildman–Crippen MR) is 83.8 cm³/mol. The van der Waals surface area contributed by atoms with Crippen molar-refractivity contribution < 1.29 is 5.11 Å². The summed E-state index contributed by atoms with van der Waals surface area (Å²) in [6.45, 7) is 14.7. The summed E-state index contributed by atoms with van der Waals surface area (Å²) < 4.78 is 0. The van der Waals surface area contributed by atoms with Gasteiger partial charge in [-0.25, -0.2) is 0 Å². The summed E-state index contributed by atoms with van der Waals surface area (Å²) in [5.74, 6) is 0. The molecule has 0 aromatic heterocycles. The second kappa shape index (κ2) is 6.38. The lowest BCUT2D eigenvalue weighted by Crippen LogP contribution is -2.15. The van der Waals surface area contributed by atoms with Gasteiger partial charge in [-0.2, -0.15) is 0 Å². The van der Waals surface area contributed by atoms with Gasteiger partial charge in [-0.3, -0.25) is 0 Å². The summed E-state index contributed by atoms with van der Waals surface area (Å²) in [6, 6.07) is 4.53. The molecule has 1 unspecified atom stereocenters. The Morgan fingerprint density at radius 1 is 1.21 bits per heavy atom. The third kappa shape index (κ3) is 4.50. The summed E-state index contributed by atoms with van der Waals surface area (Å²) >= 11 is 0. The molecule has 0 saturated heterocycles. The van der Waals surface area contributed by atoms with Crippen LogP contribution in [0.15, 0.2) is 24.8 Å². The van der Waals surface area contributed by atoms with E-state index in [1.165, 1.54) is 22.3 Å². The molecule has 1 aromatic carbocycles. The minimum absolute atomic E-state index is 0.176. The second-order valence-electron chi connectivity index (χ2n) is 6.56. The van der Waals surface area contributed by atoms with E-state index in [4.69, 9.17) is 0 Å². The third-order valence-corrected chi connectivity index (χ3v) is 3.71. The molecular formula is C18H28O. The molecule has 0 aliphatic heterocycles. The lowest BCUT2D eigenvalue weighted by Gasteiger charge is -2.23. The maximum atomic E-state index is 10.1. The Labute approximate surface area is 118 Å². The van der Waals surface area contributed by atoms with Crippen molar-refractivity contribution in [2.24, 2.45) is 0 Å². The molecule has 1 rings (SSSR count). The molecule has 1 nitrogen and oxygen atoms in total. The standard InChI is InChI=1S/C18H28O/c1-7-8-9-16(19)12-17-13(2)10-15(11-14(17)3)18(4,5)6/h7,10-11,16,19H,1,8-9,12H2,2-6H3. The zero-order chi connectivity index (χ0) is 14.6. The molecule has 0 aliphatic rings. The highest BCUT2D eigenvalue weighted by Crippen LogP contribution is 2.27. The number of rotatable bonds is 5. The van der Waals surface area contributed by atoms with Crippen molar-refractivity contribution in [3.8, 4) is 0 Å². The van der Waals surface area contributed by atoms with Crippen LogP contribution < -0.4 is 0 Å². The normalized spacial score (nSPS) is 13.4. The number of aliphatic hydroxyl groups excluding tert-OH is 1. The molecule has 0 aliphatic carbocycles. The Balaban J connectivity index is 2.94. The van der Waals surface area contributed by atoms with Gasteiger partial charge >= 0.3 is 0 Å². The van der Waals surface area contributed by atoms with Crippen molar-refractivity contribution in [3.63, 3.8) is 0 Å². The average Bonchev–Trinajstić information content (AvgIpc) is 2.29. The summed E-state index contributed by atoms with van der Waals surface area (Å²) in [7, 11) is 0. The van der Waals surface area contributed by atoms with Crippen molar-refractivity contribution in [2.45, 2.75) is 65.4 Å². The van der Waals surface area contributed by atoms with Crippen LogP contribution in [0, 0.1) is 13.8 Å². The van der Waals surface area contributed by atoms with Gasteiger partial charge in [0, 0.05) is 0 Å². The van der Waals surface area contributed by atoms with Crippen molar-refractivity contribution in [1.29, 1.82) is 0 Å². The number of hydrogen-bond acceptors (Lipinski definition) is 1. The van der Waals surface area contributed by atoms with E-state index in [1.54, 1.807) is 0 Å². The zero-order valence-electron chi connectivity index (χ0n) is 13.1. The van der Waals surface area contributed by atoms with Crippen LogP contribution in [0.5, 0.6) is 0 Å². The second-order valence-corrected chi connectivity index (χ2v) is 6.56. The van der Waals surface area contributed by atoms with Gasteiger partial charge < -0.3 is 5.11 Å². The quantitative estimate of drug-likeness (QED) is 0.774. The van der Waals surface area contributed by atoms with Gasteiger partial charge in [0.2, 0.25) is 0 Å². The fourth-order valence-electron chi connectivity index (χ4n) is 2.40. The highest BCUT2D eigenvalue weighted by Gasteiger charge is 2.17. The van der Waals surface area contributed by atoms with Crippen molar-refractivity contribution >= 4 is 0 Å². The fourth-order valence-corrected chi connectivity index (χ4v) is 2.40. The van der Waals surface area contributed by atoms with Crippen LogP contribution in [0.2, 0.25) is 0 Å². The van der Waals surface area contributed by atoms with Crippen LogP contribution >= 0.6 is 0 Å². The Hall–Kier alpha value is -1.08. The predicted octanol–water partition coefficient (Wildman–Crippen LogP) is 4.47. The van der Waals surface area contributed by atoms with Gasteiger partial charge in [0.05, 0.1) is 6.10 Å². The van der Waals surface area contributed by atoms with E-state index in [2.05, 4.69) is 53.3 Å². The molecular weight excluding hydrogens is 232 g/mol. The van der Waals surface area contributed by atoms with Crippen LogP contribution in [0.25, 0.3) is 0 Å². The van der Waals surface area contributed by atoms with Crippen LogP contribution in [-0.4, -0.2) is 11.2 Å². The van der Waals surface area contributed by atoms with E-state index in [1.807, 2.05) is 6.08 Å². The number of benzene rings is 1. The first-order chi connectivity index (χ1) is 8.75. The number of hydrogen-bond donors (Lipinski definition) is 1. The fraction of sp³-hybridized carbons (Fsp3) is 0.556. The van der Waals surface area contributed by atoms with Crippen LogP contribution in [0.1, 0.15) is 55.9 Å². The maximum Gasteiger partial charge on any atom is 0.0583 e. The topological polar surface area (TPSA) is 20.2 Å². The van der Waals surface area contributed by atoms with Crippen molar-refractivity contribution in [2.75, 3.05) is 0 Å². The van der Waals surface area contributed by atoms with Crippen molar-refractivity contribution in [1.82, 2.24) is 0 Å². The van der Waals surface area contributed by atoms with Gasteiger partial charge in [0.25, 0.3) is 0 Å². The smallest absolute Gasteiger partial charge is 0.0583 e. The summed E-state index contributed by atoms with van der Waals surface area (Å²) in [4.78, 5) is 0. The molecule has 1 atom stereocenters. The minimum Gasteiger partial charge on any atom is -0.393 e. The first kappa shape index (κ1) is 16.0. The Morgan fingerprint density at radius 2 is 1.74 bits per heavy atom. The Morgan fingerprint density at radius 3 is 2.16 bits per heavy atom. The van der Waals surface area contributed by atoms with E-state index in [-0.39, 0.29) is 11.5 Å². The summed E-state index contributed by atoms with van der Waals surface area (Å²) in [6.07, 6.45) is 4.01. The molecule has 1 aromatic rings. The first-order valence-electron chi connectivity index (χ1n) is 7.15. The molecule has 1 N–H and O–H groups in total. The van der Waals surface area contributed by atoms with Crippen LogP contribution in [0.4, 0.5) is 0 Å². The van der Waals surface area contributed by atoms with E-state index >= 15 is 0 Å². The van der Waals surface area contributed by atoms with E-state index < -0.39 is 0 Å². The first-order valence-corrected chi connectivity index (χ1v) is 7.15. The molecule has 0 heterocycles. The molecule has 0 radical (unpaired) electrons. The van der Waals surface area contributed by atoms with E-state index in [9.17, 15) is 5.11 Å². The lowest BCUT2D eigenvalue weighted by molar-refractivity contribution is 0.165. The van der Waals surface area contributed by atoms with E-state index in [0.29, 0.717) is 0 Å². The number of aliphatic hydroxyl groups is 1. The van der Waals surface area contributed by atoms with Gasteiger partial charge in [-0.1, -0.05) is 39.0 Å². The summed E-state index contributed by atoms with van der Waals surface area (Å²) in [5.41, 5.74) is 5.43. The maximum absolute atomic E-state index is 10.1. The van der Waals surface area contributed by atoms with Crippen LogP contribution in [0.3, 0.4) is 0 Å². The molecule has 0 bridgehead atoms. The molecule has 1 heteroatoms. The number of aryl methyl sites for hydroxylation is 2. The SMILES string of the molecule is C=CCCC(O)Cc1c(C)cc(C(C)(C)C)cc1C. The molecule has 0 saturated carbocycles. The van der Waals surface area contributed by atoms with Crippen LogP contribution in [-0.2, 0) is 11.8 Å². The highest BCUT2D eigenvalue weighted by atomic mass is 16.3. The van der Waals surface area contributed by atoms with E-state index in [0.717, 1.165) is 19.3 Å². The number of allylic oxidation sites excluding steroid dienone is 1. The lowest BCUT2D eigenvalue weighted by atomic mass is 9.83. The molecule has 106 valence electrons. The minimum atomic E-state index is -0.268. The monoisotopic (exact) mass is 260 g/mol. The zero-order valence-corrected chi connectivity index (χ0v) is 13.1. The van der Waals surface area contributed by atoms with Gasteiger partial charge in [-0.05, 0) is 60.8 Å². The van der Waals surface area contributed by atoms with Crippen molar-refractivity contribution in [3.05, 3.63) is 47.0 Å². The highest BCUT2D eigenvalue weighted by molar-refractivity contribution is 5.40. The van der Waals surface area contributed by atoms with Gasteiger partial charge in [0.1, 0.15) is 0 Å². The largest absolute Gasteiger partial charge is 0.393 e. The van der Waals surface area contributed by atoms with Gasteiger partial charge in [0.15, 0.2) is 0 Å². The summed E-state index contributed by atoms with van der Waals surface area (Å²) in [5, 5.41) is 10.1. The molecule has 0 spiro atoms. The Bertz CT molecular complexity index is 414. The Kier molecular flexibility index (Phi) is 5.37. The molecule has 0 amide bonds. The average molecular weight is 260 g/mol. The third-order valence-electron chi connectivity index (χ3n) is 3.71.